The predicted molar refractivity (Wildman–Crippen MR) is 14.4 cm³/mol. The Morgan fingerprint density at radius 3 is 2.29 bits per heavy atom. The molecular formula is C2H5O4V. The number of hydrogen-bond donors (Lipinski definition) is 1. The quantitative estimate of drug-likeness (QED) is 0.564. The third kappa shape index (κ3) is 6.10. The zero-order valence-corrected chi connectivity index (χ0v) is 4.93. The second-order valence-corrected chi connectivity index (χ2v) is 1.88. The van der Waals surface area contributed by atoms with Gasteiger partial charge in [0, 0.05) is 0 Å². The summed E-state index contributed by atoms with van der Waals surface area (Å²) in [5.74, 6) is 0. The van der Waals surface area contributed by atoms with Crippen molar-refractivity contribution in [3.63, 3.8) is 0 Å². The Bertz CT molecular complexity index is 87.9. The first-order valence-electron chi connectivity index (χ1n) is 1.65. The SMILES string of the molecule is [O]=[V](=[O])[O]CCO. The van der Waals surface area contributed by atoms with Gasteiger partial charge in [0.1, 0.15) is 0 Å². The molecule has 0 atom stereocenters. The van der Waals surface area contributed by atoms with Gasteiger partial charge in [0.15, 0.2) is 0 Å². The predicted octanol–water partition coefficient (Wildman–Crippen LogP) is -0.780. The van der Waals surface area contributed by atoms with Crippen molar-refractivity contribution in [3.05, 3.63) is 0 Å². The zero-order chi connectivity index (χ0) is 5.70. The van der Waals surface area contributed by atoms with E-state index >= 15 is 0 Å². The van der Waals surface area contributed by atoms with Gasteiger partial charge in [-0.15, -0.1) is 0 Å². The van der Waals surface area contributed by atoms with Crippen LogP contribution in [-0.2, 0) is 26.4 Å². The molecule has 4 nitrogen and oxygen atoms in total. The summed E-state index contributed by atoms with van der Waals surface area (Å²) in [6, 6.07) is 0. The fraction of sp³-hybridized carbons (Fsp3) is 1.00. The van der Waals surface area contributed by atoms with E-state index < -0.39 is 15.4 Å². The van der Waals surface area contributed by atoms with Crippen LogP contribution in [-0.4, -0.2) is 18.3 Å². The molecule has 0 spiro atoms. The Hall–Kier alpha value is 0.104. The van der Waals surface area contributed by atoms with Gasteiger partial charge < -0.3 is 0 Å². The molecule has 0 aliphatic heterocycles. The van der Waals surface area contributed by atoms with E-state index in [1.165, 1.54) is 0 Å². The first-order chi connectivity index (χ1) is 3.27. The Balaban J connectivity index is 2.98. The second-order valence-electron chi connectivity index (χ2n) is 0.780. The van der Waals surface area contributed by atoms with Gasteiger partial charge in [-0.05, 0) is 0 Å². The van der Waals surface area contributed by atoms with E-state index in [0.29, 0.717) is 0 Å². The van der Waals surface area contributed by atoms with Crippen LogP contribution in [0.2, 0.25) is 0 Å². The monoisotopic (exact) mass is 144 g/mol. The molecule has 42 valence electrons. The first-order valence-corrected chi connectivity index (χ1v) is 3.36. The average molecular weight is 144 g/mol. The molecule has 0 radical (unpaired) electrons. The van der Waals surface area contributed by atoms with Crippen molar-refractivity contribution < 1.29 is 31.5 Å². The zero-order valence-electron chi connectivity index (χ0n) is 3.53. The van der Waals surface area contributed by atoms with Crippen molar-refractivity contribution in [3.8, 4) is 0 Å². The Morgan fingerprint density at radius 2 is 2.14 bits per heavy atom. The normalized spacial score (nSPS) is 8.71. The van der Waals surface area contributed by atoms with Crippen LogP contribution in [0.3, 0.4) is 0 Å². The van der Waals surface area contributed by atoms with Crippen LogP contribution in [0, 0.1) is 0 Å². The molecule has 1 N–H and O–H groups in total. The molecular weight excluding hydrogens is 139 g/mol. The molecule has 0 aromatic rings. The third-order valence-corrected chi connectivity index (χ3v) is 0.902. The molecule has 0 heterocycles. The van der Waals surface area contributed by atoms with Gasteiger partial charge in [0.05, 0.1) is 0 Å². The minimum absolute atomic E-state index is 0.104. The van der Waals surface area contributed by atoms with E-state index in [-0.39, 0.29) is 13.2 Å². The summed E-state index contributed by atoms with van der Waals surface area (Å²) in [5, 5.41) is 7.94. The summed E-state index contributed by atoms with van der Waals surface area (Å²) >= 11 is -3.40. The molecule has 0 aromatic carbocycles. The maximum absolute atomic E-state index is 9.54. The Labute approximate surface area is 45.5 Å². The van der Waals surface area contributed by atoms with Crippen molar-refractivity contribution in [1.29, 1.82) is 0 Å². The van der Waals surface area contributed by atoms with Crippen LogP contribution < -0.4 is 0 Å². The topological polar surface area (TPSA) is 63.6 Å². The molecule has 0 rings (SSSR count). The summed E-state index contributed by atoms with van der Waals surface area (Å²) in [5.41, 5.74) is 0. The van der Waals surface area contributed by atoms with Crippen molar-refractivity contribution in [2.24, 2.45) is 0 Å². The summed E-state index contributed by atoms with van der Waals surface area (Å²) in [6.07, 6.45) is 0. The maximum atomic E-state index is 9.54. The molecule has 0 saturated carbocycles. The number of hydrogen-bond acceptors (Lipinski definition) is 4. The number of aliphatic hydroxyl groups excluding tert-OH is 1. The van der Waals surface area contributed by atoms with Crippen molar-refractivity contribution >= 4 is 0 Å². The molecule has 0 bridgehead atoms. The molecule has 0 saturated heterocycles. The standard InChI is InChI=1S/C2H5O2.2O.V/c3-1-2-4;;;/h3H,1-2H2;;;/q-1;;;+1. The molecule has 5 heteroatoms. The van der Waals surface area contributed by atoms with Crippen molar-refractivity contribution in [1.82, 2.24) is 0 Å². The van der Waals surface area contributed by atoms with Gasteiger partial charge in [-0.1, -0.05) is 0 Å². The minimum atomic E-state index is -3.40. The fourth-order valence-electron chi connectivity index (χ4n) is 0.115. The van der Waals surface area contributed by atoms with Gasteiger partial charge in [-0.3, -0.25) is 0 Å². The van der Waals surface area contributed by atoms with Crippen LogP contribution >= 0.6 is 0 Å². The first kappa shape index (κ1) is 7.10. The van der Waals surface area contributed by atoms with E-state index in [0.717, 1.165) is 0 Å². The van der Waals surface area contributed by atoms with Crippen LogP contribution in [0.15, 0.2) is 0 Å². The van der Waals surface area contributed by atoms with Crippen LogP contribution in [0.1, 0.15) is 0 Å². The molecule has 0 fully saturated rings. The Morgan fingerprint density at radius 1 is 1.57 bits per heavy atom. The summed E-state index contributed by atoms with van der Waals surface area (Å²) in [7, 11) is 0. The van der Waals surface area contributed by atoms with Crippen LogP contribution in [0.4, 0.5) is 0 Å². The van der Waals surface area contributed by atoms with Gasteiger partial charge in [-0.25, -0.2) is 0 Å². The second kappa shape index (κ2) is 4.27. The summed E-state index contributed by atoms with van der Waals surface area (Å²) < 4.78 is 23.1. The average Bonchev–Trinajstić information content (AvgIpc) is 1.61. The van der Waals surface area contributed by atoms with Gasteiger partial charge in [0.2, 0.25) is 0 Å². The van der Waals surface area contributed by atoms with Crippen LogP contribution in [0.25, 0.3) is 0 Å². The van der Waals surface area contributed by atoms with E-state index in [4.69, 9.17) is 5.11 Å². The number of rotatable bonds is 3. The molecule has 7 heavy (non-hydrogen) atoms. The van der Waals surface area contributed by atoms with Gasteiger partial charge in [-0.2, -0.15) is 0 Å². The molecule has 0 unspecified atom stereocenters. The third-order valence-electron chi connectivity index (χ3n) is 0.288. The van der Waals surface area contributed by atoms with Crippen LogP contribution in [0.5, 0.6) is 0 Å². The Kier molecular flexibility index (Phi) is 4.33. The molecule has 0 aliphatic rings. The fourth-order valence-corrected chi connectivity index (χ4v) is 0.476. The van der Waals surface area contributed by atoms with Crippen molar-refractivity contribution in [2.75, 3.05) is 13.2 Å². The molecule has 0 amide bonds. The van der Waals surface area contributed by atoms with E-state index in [2.05, 4.69) is 3.66 Å². The summed E-state index contributed by atoms with van der Waals surface area (Å²) in [6.45, 7) is -0.345. The number of aliphatic hydroxyl groups is 1. The van der Waals surface area contributed by atoms with E-state index in [1.54, 1.807) is 0 Å². The van der Waals surface area contributed by atoms with Crippen molar-refractivity contribution in [2.45, 2.75) is 0 Å². The molecule has 0 aliphatic carbocycles. The van der Waals surface area contributed by atoms with E-state index in [9.17, 15) is 7.35 Å². The van der Waals surface area contributed by atoms with Gasteiger partial charge >= 0.3 is 44.7 Å². The van der Waals surface area contributed by atoms with Gasteiger partial charge in [0.25, 0.3) is 0 Å². The molecule has 0 aromatic heterocycles. The van der Waals surface area contributed by atoms with E-state index in [1.807, 2.05) is 0 Å². The summed E-state index contributed by atoms with van der Waals surface area (Å²) in [4.78, 5) is 0.